The zero-order valence-corrected chi connectivity index (χ0v) is 42.1. The minimum Gasteiger partial charge on any atom is -0.444 e. The maximum Gasteiger partial charge on any atom is 0.411 e. The molecule has 0 aliphatic carbocycles. The molecule has 0 radical (unpaired) electrons. The molecule has 2 aliphatic rings. The van der Waals surface area contributed by atoms with E-state index in [2.05, 4.69) is 44.2 Å². The number of benzene rings is 4. The lowest BCUT2D eigenvalue weighted by Gasteiger charge is -2.44. The number of piperazine rings is 1. The molecule has 2 aliphatic heterocycles. The molecule has 69 heavy (non-hydrogen) atoms. The van der Waals surface area contributed by atoms with Crippen molar-refractivity contribution >= 4 is 29.5 Å². The SMILES string of the molecule is CCCc1cccc(C[C@H](CC(C)=O)[C@H](O)[C@@H]2CCCN(Cc3ccccc3)C2=O)c1.CCCc1cccc(C[C@H](CC(C)=O)[C@H](O)[C@H]2C(=O)N(Cc3ccccc3)CCN2C(=O)OC(C)(C)C)c1. The molecule has 6 rings (SSSR count). The molecule has 2 fully saturated rings. The molecule has 0 saturated carbocycles. The maximum absolute atomic E-state index is 13.9. The van der Waals surface area contributed by atoms with Crippen molar-refractivity contribution in [1.82, 2.24) is 14.7 Å². The smallest absolute Gasteiger partial charge is 0.411 e. The second kappa shape index (κ2) is 26.4. The first-order valence-electron chi connectivity index (χ1n) is 25.1. The Labute approximate surface area is 411 Å². The summed E-state index contributed by atoms with van der Waals surface area (Å²) in [5.74, 6) is -1.59. The van der Waals surface area contributed by atoms with Crippen molar-refractivity contribution in [3.8, 4) is 0 Å². The third kappa shape index (κ3) is 16.8. The third-order valence-electron chi connectivity index (χ3n) is 13.0. The van der Waals surface area contributed by atoms with Crippen molar-refractivity contribution < 1.29 is 38.9 Å². The predicted octanol–water partition coefficient (Wildman–Crippen LogP) is 9.36. The van der Waals surface area contributed by atoms with Crippen LogP contribution in [-0.2, 0) is 62.7 Å². The normalized spacial score (nSPS) is 18.1. The number of aliphatic hydroxyl groups is 2. The fraction of sp³-hybridized carbons (Fsp3) is 0.500. The van der Waals surface area contributed by atoms with Crippen LogP contribution in [0.3, 0.4) is 0 Å². The molecule has 2 N–H and O–H groups in total. The summed E-state index contributed by atoms with van der Waals surface area (Å²) in [4.78, 5) is 69.5. The first kappa shape index (κ1) is 54.3. The van der Waals surface area contributed by atoms with Gasteiger partial charge in [0, 0.05) is 45.6 Å². The Kier molecular flexibility index (Phi) is 20.7. The fourth-order valence-electron chi connectivity index (χ4n) is 9.82. The van der Waals surface area contributed by atoms with Gasteiger partial charge in [-0.15, -0.1) is 0 Å². The molecular weight excluding hydrogens is 867 g/mol. The highest BCUT2D eigenvalue weighted by atomic mass is 16.6. The quantitative estimate of drug-likeness (QED) is 0.0893. The van der Waals surface area contributed by atoms with Gasteiger partial charge in [-0.1, -0.05) is 136 Å². The van der Waals surface area contributed by atoms with E-state index in [9.17, 15) is 34.2 Å². The van der Waals surface area contributed by atoms with Gasteiger partial charge in [0.05, 0.1) is 18.1 Å². The highest BCUT2D eigenvalue weighted by Gasteiger charge is 2.46. The Balaban J connectivity index is 0.000000263. The molecule has 4 aromatic carbocycles. The first-order valence-corrected chi connectivity index (χ1v) is 25.1. The molecule has 0 spiro atoms. The minimum atomic E-state index is -1.24. The van der Waals surface area contributed by atoms with Crippen LogP contribution in [0.25, 0.3) is 0 Å². The van der Waals surface area contributed by atoms with Crippen molar-refractivity contribution in [3.63, 3.8) is 0 Å². The lowest BCUT2D eigenvalue weighted by atomic mass is 9.79. The molecule has 0 aromatic heterocycles. The van der Waals surface area contributed by atoms with Crippen molar-refractivity contribution in [2.45, 2.75) is 150 Å². The largest absolute Gasteiger partial charge is 0.444 e. The van der Waals surface area contributed by atoms with Crippen LogP contribution in [0, 0.1) is 17.8 Å². The van der Waals surface area contributed by atoms with Gasteiger partial charge in [-0.25, -0.2) is 4.79 Å². The van der Waals surface area contributed by atoms with E-state index in [1.54, 1.807) is 32.6 Å². The van der Waals surface area contributed by atoms with Gasteiger partial charge in [0.15, 0.2) is 0 Å². The van der Waals surface area contributed by atoms with Crippen molar-refractivity contribution in [1.29, 1.82) is 0 Å². The number of aliphatic hydroxyl groups excluding tert-OH is 2. The molecule has 6 atom stereocenters. The first-order chi connectivity index (χ1) is 33.0. The Morgan fingerprint density at radius 2 is 1.06 bits per heavy atom. The van der Waals surface area contributed by atoms with Crippen LogP contribution in [0.1, 0.15) is 120 Å². The average molecular weight is 944 g/mol. The van der Waals surface area contributed by atoms with E-state index in [1.165, 1.54) is 23.0 Å². The summed E-state index contributed by atoms with van der Waals surface area (Å²) in [6.07, 6.45) is 4.33. The number of likely N-dealkylation sites (tertiary alicyclic amines) is 1. The topological polar surface area (TPSA) is 145 Å². The summed E-state index contributed by atoms with van der Waals surface area (Å²) in [6.45, 7) is 14.9. The van der Waals surface area contributed by atoms with Gasteiger partial charge in [-0.05, 0) is 118 Å². The molecule has 372 valence electrons. The Morgan fingerprint density at radius 1 is 0.609 bits per heavy atom. The van der Waals surface area contributed by atoms with Gasteiger partial charge in [0.25, 0.3) is 0 Å². The van der Waals surface area contributed by atoms with Crippen LogP contribution in [0.15, 0.2) is 109 Å². The summed E-state index contributed by atoms with van der Waals surface area (Å²) in [5, 5.41) is 23.0. The van der Waals surface area contributed by atoms with Crippen LogP contribution in [0.5, 0.6) is 0 Å². The number of rotatable bonds is 20. The number of Topliss-reactive ketones (excluding diaryl/α,β-unsaturated/α-hetero) is 2. The lowest BCUT2D eigenvalue weighted by Crippen LogP contribution is -2.64. The summed E-state index contributed by atoms with van der Waals surface area (Å²) in [6, 6.07) is 35.0. The number of carbonyl (C=O) groups is 5. The fourth-order valence-corrected chi connectivity index (χ4v) is 9.82. The van der Waals surface area contributed by atoms with E-state index in [0.29, 0.717) is 51.9 Å². The van der Waals surface area contributed by atoms with Crippen molar-refractivity contribution in [3.05, 3.63) is 143 Å². The molecule has 11 heteroatoms. The summed E-state index contributed by atoms with van der Waals surface area (Å²) >= 11 is 0. The highest BCUT2D eigenvalue weighted by Crippen LogP contribution is 2.31. The van der Waals surface area contributed by atoms with Crippen LogP contribution < -0.4 is 0 Å². The third-order valence-corrected chi connectivity index (χ3v) is 13.0. The van der Waals surface area contributed by atoms with Crippen molar-refractivity contribution in [2.24, 2.45) is 17.8 Å². The Hall–Kier alpha value is -5.65. The lowest BCUT2D eigenvalue weighted by molar-refractivity contribution is -0.150. The summed E-state index contributed by atoms with van der Waals surface area (Å²) in [7, 11) is 0. The highest BCUT2D eigenvalue weighted by molar-refractivity contribution is 5.88. The van der Waals surface area contributed by atoms with E-state index in [0.717, 1.165) is 54.4 Å². The summed E-state index contributed by atoms with van der Waals surface area (Å²) in [5.41, 5.74) is 5.90. The van der Waals surface area contributed by atoms with Gasteiger partial charge in [-0.3, -0.25) is 14.5 Å². The van der Waals surface area contributed by atoms with Crippen LogP contribution in [0.4, 0.5) is 4.79 Å². The maximum atomic E-state index is 13.9. The number of nitrogens with zero attached hydrogens (tertiary/aromatic N) is 3. The van der Waals surface area contributed by atoms with Crippen LogP contribution in [-0.4, -0.2) is 97.9 Å². The number of ether oxygens (including phenoxy) is 1. The minimum absolute atomic E-state index is 0.0101. The number of ketones is 2. The Bertz CT molecular complexity index is 2280. The molecular formula is C58H77N3O8. The molecule has 0 unspecified atom stereocenters. The molecule has 0 bridgehead atoms. The predicted molar refractivity (Wildman–Crippen MR) is 271 cm³/mol. The van der Waals surface area contributed by atoms with E-state index in [4.69, 9.17) is 4.74 Å². The monoisotopic (exact) mass is 944 g/mol. The van der Waals surface area contributed by atoms with Gasteiger partial charge < -0.3 is 34.3 Å². The van der Waals surface area contributed by atoms with Gasteiger partial charge in [-0.2, -0.15) is 0 Å². The van der Waals surface area contributed by atoms with Gasteiger partial charge >= 0.3 is 6.09 Å². The van der Waals surface area contributed by atoms with Crippen LogP contribution >= 0.6 is 0 Å². The second-order valence-corrected chi connectivity index (χ2v) is 20.2. The molecule has 11 nitrogen and oxygen atoms in total. The Morgan fingerprint density at radius 3 is 1.52 bits per heavy atom. The van der Waals surface area contributed by atoms with Crippen molar-refractivity contribution in [2.75, 3.05) is 19.6 Å². The molecule has 4 aromatic rings. The standard InChI is InChI=1S/C31H42N2O5.C27H35NO3/c1-6-11-23-14-10-15-25(19-23)20-26(18-22(2)34)28(35)27-29(36)32(21-24-12-8-7-9-13-24)16-17-33(27)30(37)38-31(3,4)5;1-3-9-21-12-7-13-23(17-21)18-24(16-20(2)29)26(30)25-14-8-15-28(27(25)31)19-22-10-5-4-6-11-22/h7-10,12-15,19,26-28,35H,6,11,16-18,20-21H2,1-5H3;4-7,10-13,17,24-26,30H,3,8-9,14-16,18-19H2,1-2H3/t26-,27-,28-;24-,25-,26-/m00/s1. The molecule has 2 heterocycles. The number of hydrogen-bond donors (Lipinski definition) is 2. The zero-order valence-electron chi connectivity index (χ0n) is 42.1. The number of carbonyl (C=O) groups excluding carboxylic acids is 5. The molecule has 3 amide bonds. The second-order valence-electron chi connectivity index (χ2n) is 20.2. The van der Waals surface area contributed by atoms with E-state index in [1.807, 2.05) is 83.8 Å². The number of amides is 3. The number of hydrogen-bond acceptors (Lipinski definition) is 8. The molecule has 2 saturated heterocycles. The number of piperidine rings is 1. The average Bonchev–Trinajstić information content (AvgIpc) is 3.30. The van der Waals surface area contributed by atoms with E-state index >= 15 is 0 Å². The van der Waals surface area contributed by atoms with E-state index < -0.39 is 41.8 Å². The number of aryl methyl sites for hydroxylation is 2. The zero-order chi connectivity index (χ0) is 50.1. The van der Waals surface area contributed by atoms with Gasteiger partial charge in [0.1, 0.15) is 23.2 Å². The van der Waals surface area contributed by atoms with Crippen LogP contribution in [0.2, 0.25) is 0 Å². The van der Waals surface area contributed by atoms with Gasteiger partial charge in [0.2, 0.25) is 11.8 Å². The van der Waals surface area contributed by atoms with E-state index in [-0.39, 0.29) is 42.3 Å². The summed E-state index contributed by atoms with van der Waals surface area (Å²) < 4.78 is 5.62.